The minimum absolute atomic E-state index is 0.142. The molecule has 2 atom stereocenters. The molecule has 1 saturated heterocycles. The van der Waals surface area contributed by atoms with Gasteiger partial charge in [-0.3, -0.25) is 9.36 Å². The normalized spacial score (nSPS) is 22.6. The molecule has 0 radical (unpaired) electrons. The van der Waals surface area contributed by atoms with Crippen molar-refractivity contribution < 1.29 is 0 Å². The number of aromatic nitrogens is 3. The minimum atomic E-state index is -0.142. The lowest BCUT2D eigenvalue weighted by Gasteiger charge is -2.18. The molecule has 3 aromatic rings. The Morgan fingerprint density at radius 2 is 2.03 bits per heavy atom. The first kappa shape index (κ1) is 19.0. The highest BCUT2D eigenvalue weighted by atomic mass is 35.5. The summed E-state index contributed by atoms with van der Waals surface area (Å²) in [6.07, 6.45) is 2.33. The van der Waals surface area contributed by atoms with Gasteiger partial charge in [0.15, 0.2) is 0 Å². The summed E-state index contributed by atoms with van der Waals surface area (Å²) in [5.74, 6) is 1.70. The van der Waals surface area contributed by atoms with Crippen molar-refractivity contribution in [3.05, 3.63) is 51.9 Å². The van der Waals surface area contributed by atoms with Gasteiger partial charge in [0.25, 0.3) is 5.56 Å². The Hall–Kier alpha value is -2.95. The monoisotopic (exact) mass is 420 g/mol. The zero-order valence-electron chi connectivity index (χ0n) is 16.5. The molecule has 2 aliphatic rings. The number of nitrogens with one attached hydrogen (secondary N) is 1. The van der Waals surface area contributed by atoms with Crippen LogP contribution < -0.4 is 10.9 Å². The fourth-order valence-electron chi connectivity index (χ4n) is 4.56. The van der Waals surface area contributed by atoms with Crippen molar-refractivity contribution >= 4 is 28.6 Å². The van der Waals surface area contributed by atoms with Crippen LogP contribution in [0.25, 0.3) is 22.2 Å². The molecule has 2 aromatic heterocycles. The Bertz CT molecular complexity index is 1220. The Morgan fingerprint density at radius 3 is 2.77 bits per heavy atom. The maximum atomic E-state index is 13.0. The summed E-state index contributed by atoms with van der Waals surface area (Å²) in [6, 6.07) is 11.7. The summed E-state index contributed by atoms with van der Waals surface area (Å²) in [5.41, 5.74) is 1.69. The van der Waals surface area contributed by atoms with Gasteiger partial charge < -0.3 is 10.2 Å². The minimum Gasteiger partial charge on any atom is -0.351 e. The van der Waals surface area contributed by atoms with Crippen LogP contribution in [0.15, 0.2) is 41.3 Å². The van der Waals surface area contributed by atoms with Crippen molar-refractivity contribution in [2.75, 3.05) is 25.0 Å². The van der Waals surface area contributed by atoms with Crippen LogP contribution in [0.5, 0.6) is 0 Å². The number of nitrogens with zero attached hydrogens (tertiary/aromatic N) is 5. The third-order valence-electron chi connectivity index (χ3n) is 6.22. The molecular weight excluding hydrogens is 400 g/mol. The van der Waals surface area contributed by atoms with Gasteiger partial charge in [-0.2, -0.15) is 10.2 Å². The molecular formula is C22H21ClN6O. The van der Waals surface area contributed by atoms with E-state index < -0.39 is 0 Å². The van der Waals surface area contributed by atoms with Crippen molar-refractivity contribution in [2.24, 2.45) is 18.9 Å². The largest absolute Gasteiger partial charge is 0.351 e. The number of halogens is 1. The quantitative estimate of drug-likeness (QED) is 0.683. The van der Waals surface area contributed by atoms with Gasteiger partial charge >= 0.3 is 0 Å². The number of benzene rings is 1. The molecule has 1 aromatic carbocycles. The van der Waals surface area contributed by atoms with Crippen LogP contribution in [-0.2, 0) is 7.05 Å². The lowest BCUT2D eigenvalue weighted by atomic mass is 10.1. The Kier molecular flexibility index (Phi) is 4.69. The Balaban J connectivity index is 1.38. The van der Waals surface area contributed by atoms with E-state index in [0.29, 0.717) is 52.0 Å². The van der Waals surface area contributed by atoms with E-state index >= 15 is 0 Å². The number of hydrogen-bond donors (Lipinski definition) is 1. The standard InChI is InChI=1S/C22H21ClN6O/c1-28-20-13(9-15(21(28)30)14-5-2-3-6-18(14)23)10-25-22(27-20)26-19-16-11-29(8-4-7-24)12-17(16)19/h2-3,5-6,9-10,16-17,19H,4,8,11-12H2,1H3,(H,25,26,27). The number of piperidine rings is 1. The van der Waals surface area contributed by atoms with E-state index in [-0.39, 0.29) is 5.56 Å². The van der Waals surface area contributed by atoms with E-state index in [0.717, 1.165) is 25.0 Å². The van der Waals surface area contributed by atoms with Crippen LogP contribution in [0.4, 0.5) is 5.95 Å². The Morgan fingerprint density at radius 1 is 1.27 bits per heavy atom. The van der Waals surface area contributed by atoms with Crippen LogP contribution in [0.3, 0.4) is 0 Å². The van der Waals surface area contributed by atoms with Crippen molar-refractivity contribution in [3.63, 3.8) is 0 Å². The van der Waals surface area contributed by atoms with Gasteiger partial charge in [-0.15, -0.1) is 0 Å². The molecule has 30 heavy (non-hydrogen) atoms. The fraction of sp³-hybridized carbons (Fsp3) is 0.364. The SMILES string of the molecule is Cn1c(=O)c(-c2ccccc2Cl)cc2cnc(NC3C4CN(CCC#N)CC43)nc21. The molecule has 1 aliphatic carbocycles. The van der Waals surface area contributed by atoms with Crippen molar-refractivity contribution in [3.8, 4) is 17.2 Å². The average molecular weight is 421 g/mol. The molecule has 1 saturated carbocycles. The van der Waals surface area contributed by atoms with Gasteiger partial charge in [0.1, 0.15) is 5.65 Å². The summed E-state index contributed by atoms with van der Waals surface area (Å²) in [4.78, 5) is 24.4. The molecule has 0 amide bonds. The van der Waals surface area contributed by atoms with E-state index in [9.17, 15) is 4.79 Å². The van der Waals surface area contributed by atoms with E-state index in [2.05, 4.69) is 26.3 Å². The van der Waals surface area contributed by atoms with Gasteiger partial charge in [-0.05, 0) is 24.0 Å². The molecule has 0 spiro atoms. The van der Waals surface area contributed by atoms with Gasteiger partial charge in [0, 0.05) is 66.9 Å². The second-order valence-corrected chi connectivity index (χ2v) is 8.45. The molecule has 152 valence electrons. The third kappa shape index (κ3) is 3.22. The predicted octanol–water partition coefficient (Wildman–Crippen LogP) is 2.90. The molecule has 8 heteroatoms. The molecule has 7 nitrogen and oxygen atoms in total. The lowest BCUT2D eigenvalue weighted by molar-refractivity contribution is 0.307. The predicted molar refractivity (Wildman–Crippen MR) is 116 cm³/mol. The van der Waals surface area contributed by atoms with E-state index in [1.165, 1.54) is 0 Å². The molecule has 3 heterocycles. The van der Waals surface area contributed by atoms with E-state index in [1.807, 2.05) is 24.3 Å². The number of aryl methyl sites for hydroxylation is 1. The number of pyridine rings is 1. The highest BCUT2D eigenvalue weighted by molar-refractivity contribution is 6.33. The zero-order valence-corrected chi connectivity index (χ0v) is 17.3. The molecule has 1 aliphatic heterocycles. The first-order chi connectivity index (χ1) is 14.6. The summed E-state index contributed by atoms with van der Waals surface area (Å²) in [7, 11) is 1.72. The zero-order chi connectivity index (χ0) is 20.8. The fourth-order valence-corrected chi connectivity index (χ4v) is 4.79. The van der Waals surface area contributed by atoms with Gasteiger partial charge in [-0.1, -0.05) is 29.8 Å². The van der Waals surface area contributed by atoms with E-state index in [4.69, 9.17) is 16.9 Å². The lowest BCUT2D eigenvalue weighted by Crippen LogP contribution is -2.29. The van der Waals surface area contributed by atoms with Crippen molar-refractivity contribution in [2.45, 2.75) is 12.5 Å². The first-order valence-electron chi connectivity index (χ1n) is 10.0. The highest BCUT2D eigenvalue weighted by Gasteiger charge is 2.55. The third-order valence-corrected chi connectivity index (χ3v) is 6.55. The second kappa shape index (κ2) is 7.38. The Labute approximate surface area is 178 Å². The van der Waals surface area contributed by atoms with Gasteiger partial charge in [-0.25, -0.2) is 4.98 Å². The first-order valence-corrected chi connectivity index (χ1v) is 10.4. The van der Waals surface area contributed by atoms with E-state index in [1.54, 1.807) is 23.9 Å². The number of anilines is 1. The molecule has 2 unspecified atom stereocenters. The van der Waals surface area contributed by atoms with Crippen molar-refractivity contribution in [1.82, 2.24) is 19.4 Å². The van der Waals surface area contributed by atoms with Gasteiger partial charge in [0.2, 0.25) is 5.95 Å². The number of hydrogen-bond acceptors (Lipinski definition) is 6. The van der Waals surface area contributed by atoms with Crippen LogP contribution in [0, 0.1) is 23.2 Å². The molecule has 5 rings (SSSR count). The highest BCUT2D eigenvalue weighted by Crippen LogP contribution is 2.46. The smallest absolute Gasteiger partial charge is 0.259 e. The maximum absolute atomic E-state index is 13.0. The molecule has 1 N–H and O–H groups in total. The second-order valence-electron chi connectivity index (χ2n) is 8.04. The topological polar surface area (TPSA) is 86.8 Å². The number of likely N-dealkylation sites (tertiary alicyclic amines) is 1. The summed E-state index contributed by atoms with van der Waals surface area (Å²) in [6.45, 7) is 2.87. The van der Waals surface area contributed by atoms with Crippen LogP contribution >= 0.6 is 11.6 Å². The number of nitriles is 1. The molecule has 2 fully saturated rings. The number of fused-ring (bicyclic) bond motifs is 2. The van der Waals surface area contributed by atoms with Gasteiger partial charge in [0.05, 0.1) is 6.07 Å². The summed E-state index contributed by atoms with van der Waals surface area (Å²) >= 11 is 6.30. The number of rotatable bonds is 5. The van der Waals surface area contributed by atoms with Crippen molar-refractivity contribution in [1.29, 1.82) is 5.26 Å². The summed E-state index contributed by atoms with van der Waals surface area (Å²) in [5, 5.41) is 13.5. The maximum Gasteiger partial charge on any atom is 0.259 e. The van der Waals surface area contributed by atoms with Crippen LogP contribution in [-0.4, -0.2) is 45.1 Å². The van der Waals surface area contributed by atoms with Crippen LogP contribution in [0.1, 0.15) is 6.42 Å². The summed E-state index contributed by atoms with van der Waals surface area (Å²) < 4.78 is 1.55. The average Bonchev–Trinajstić information content (AvgIpc) is 3.18. The van der Waals surface area contributed by atoms with Crippen LogP contribution in [0.2, 0.25) is 5.02 Å². The molecule has 0 bridgehead atoms.